The lowest BCUT2D eigenvalue weighted by atomic mass is 10.5. The highest BCUT2D eigenvalue weighted by atomic mass is 35.5. The standard InChI is InChI=1S/C7H3ClFN3O/c8-6-4(3-13)10-7-11-5(9)1-2-12(6)7/h1-3H. The molecule has 0 aliphatic carbocycles. The molecule has 0 aromatic carbocycles. The lowest BCUT2D eigenvalue weighted by Crippen LogP contribution is -1.90. The number of fused-ring (bicyclic) bond motifs is 1. The van der Waals surface area contributed by atoms with Crippen molar-refractivity contribution in [3.63, 3.8) is 0 Å². The zero-order chi connectivity index (χ0) is 9.42. The number of hydrogen-bond acceptors (Lipinski definition) is 3. The van der Waals surface area contributed by atoms with Gasteiger partial charge in [-0.15, -0.1) is 0 Å². The van der Waals surface area contributed by atoms with Crippen molar-refractivity contribution in [1.82, 2.24) is 14.4 Å². The third kappa shape index (κ3) is 1.17. The molecule has 0 aliphatic heterocycles. The van der Waals surface area contributed by atoms with Crippen molar-refractivity contribution in [1.29, 1.82) is 0 Å². The summed E-state index contributed by atoms with van der Waals surface area (Å²) in [6.07, 6.45) is 1.86. The Hall–Kier alpha value is -1.49. The Morgan fingerprint density at radius 1 is 1.54 bits per heavy atom. The average molecular weight is 200 g/mol. The first-order valence-corrected chi connectivity index (χ1v) is 3.75. The molecule has 0 atom stereocenters. The number of carbonyl (C=O) groups is 1. The predicted octanol–water partition coefficient (Wildman–Crippen LogP) is 1.33. The third-order valence-corrected chi connectivity index (χ3v) is 1.91. The van der Waals surface area contributed by atoms with E-state index in [4.69, 9.17) is 11.6 Å². The second-order valence-corrected chi connectivity index (χ2v) is 2.68. The smallest absolute Gasteiger partial charge is 0.238 e. The molecule has 6 heteroatoms. The van der Waals surface area contributed by atoms with Crippen LogP contribution in [-0.4, -0.2) is 20.7 Å². The van der Waals surface area contributed by atoms with Gasteiger partial charge in [0.05, 0.1) is 0 Å². The minimum absolute atomic E-state index is 0.0553. The van der Waals surface area contributed by atoms with Crippen molar-refractivity contribution in [3.8, 4) is 0 Å². The van der Waals surface area contributed by atoms with E-state index >= 15 is 0 Å². The molecule has 66 valence electrons. The van der Waals surface area contributed by atoms with E-state index in [-0.39, 0.29) is 16.6 Å². The molecule has 0 fully saturated rings. The number of imidazole rings is 1. The zero-order valence-corrected chi connectivity index (χ0v) is 6.99. The van der Waals surface area contributed by atoms with Crippen LogP contribution in [0.15, 0.2) is 12.3 Å². The SMILES string of the molecule is O=Cc1nc2nc(F)ccn2c1Cl. The van der Waals surface area contributed by atoms with Gasteiger partial charge < -0.3 is 0 Å². The fourth-order valence-electron chi connectivity index (χ4n) is 0.974. The second-order valence-electron chi connectivity index (χ2n) is 2.33. The molecule has 2 aromatic heterocycles. The van der Waals surface area contributed by atoms with E-state index in [2.05, 4.69) is 9.97 Å². The van der Waals surface area contributed by atoms with Crippen LogP contribution in [0.1, 0.15) is 10.5 Å². The van der Waals surface area contributed by atoms with Gasteiger partial charge in [0.2, 0.25) is 11.7 Å². The Kier molecular flexibility index (Phi) is 1.73. The molecular weight excluding hydrogens is 197 g/mol. The van der Waals surface area contributed by atoms with Gasteiger partial charge in [-0.3, -0.25) is 9.20 Å². The molecule has 0 saturated carbocycles. The third-order valence-electron chi connectivity index (χ3n) is 1.54. The maximum Gasteiger partial charge on any atom is 0.238 e. The fraction of sp³-hybridized carbons (Fsp3) is 0. The highest BCUT2D eigenvalue weighted by Gasteiger charge is 2.09. The number of aromatic nitrogens is 3. The summed E-state index contributed by atoms with van der Waals surface area (Å²) in [7, 11) is 0. The average Bonchev–Trinajstić information content (AvgIpc) is 2.42. The molecule has 2 heterocycles. The van der Waals surface area contributed by atoms with Crippen molar-refractivity contribution in [2.75, 3.05) is 0 Å². The van der Waals surface area contributed by atoms with Crippen molar-refractivity contribution in [2.24, 2.45) is 0 Å². The highest BCUT2D eigenvalue weighted by molar-refractivity contribution is 6.32. The summed E-state index contributed by atoms with van der Waals surface area (Å²) < 4.78 is 13.9. The predicted molar refractivity (Wildman–Crippen MR) is 43.3 cm³/mol. The number of carbonyl (C=O) groups excluding carboxylic acids is 1. The molecule has 0 saturated heterocycles. The number of rotatable bonds is 1. The first-order valence-electron chi connectivity index (χ1n) is 3.37. The molecule has 0 N–H and O–H groups in total. The Labute approximate surface area is 77.0 Å². The lowest BCUT2D eigenvalue weighted by molar-refractivity contribution is 0.111. The van der Waals surface area contributed by atoms with Crippen LogP contribution < -0.4 is 0 Å². The van der Waals surface area contributed by atoms with E-state index in [9.17, 15) is 9.18 Å². The van der Waals surface area contributed by atoms with Crippen LogP contribution in [0, 0.1) is 5.95 Å². The van der Waals surface area contributed by atoms with E-state index in [1.807, 2.05) is 0 Å². The van der Waals surface area contributed by atoms with Gasteiger partial charge >= 0.3 is 0 Å². The molecule has 0 aliphatic rings. The lowest BCUT2D eigenvalue weighted by Gasteiger charge is -1.91. The molecule has 2 aromatic rings. The number of nitrogens with zero attached hydrogens (tertiary/aromatic N) is 3. The van der Waals surface area contributed by atoms with E-state index in [0.29, 0.717) is 6.29 Å². The molecule has 0 bridgehead atoms. The van der Waals surface area contributed by atoms with Crippen LogP contribution in [0.2, 0.25) is 5.15 Å². The Bertz CT molecular complexity index is 482. The summed E-state index contributed by atoms with van der Waals surface area (Å²) in [6.45, 7) is 0. The number of hydrogen-bond donors (Lipinski definition) is 0. The summed E-state index contributed by atoms with van der Waals surface area (Å²) in [5.41, 5.74) is 0.0553. The Balaban J connectivity index is 2.83. The summed E-state index contributed by atoms with van der Waals surface area (Å²) >= 11 is 5.72. The van der Waals surface area contributed by atoms with Crippen molar-refractivity contribution in [2.45, 2.75) is 0 Å². The molecular formula is C7H3ClFN3O. The van der Waals surface area contributed by atoms with Crippen LogP contribution in [0.3, 0.4) is 0 Å². The molecule has 0 spiro atoms. The second kappa shape index (κ2) is 2.77. The minimum atomic E-state index is -0.661. The monoisotopic (exact) mass is 199 g/mol. The summed E-state index contributed by atoms with van der Waals surface area (Å²) in [6, 6.07) is 1.13. The van der Waals surface area contributed by atoms with Gasteiger partial charge in [-0.05, 0) is 0 Å². The summed E-state index contributed by atoms with van der Waals surface area (Å²) in [5, 5.41) is 0.137. The van der Waals surface area contributed by atoms with E-state index in [0.717, 1.165) is 6.07 Å². The molecule has 0 amide bonds. The maximum absolute atomic E-state index is 12.6. The van der Waals surface area contributed by atoms with E-state index in [1.165, 1.54) is 10.6 Å². The Morgan fingerprint density at radius 2 is 2.31 bits per heavy atom. The Morgan fingerprint density at radius 3 is 3.00 bits per heavy atom. The van der Waals surface area contributed by atoms with Gasteiger partial charge in [-0.2, -0.15) is 9.37 Å². The molecule has 4 nitrogen and oxygen atoms in total. The molecule has 0 unspecified atom stereocenters. The largest absolute Gasteiger partial charge is 0.296 e. The van der Waals surface area contributed by atoms with Gasteiger partial charge in [-0.25, -0.2) is 4.98 Å². The van der Waals surface area contributed by atoms with Crippen LogP contribution in [0.25, 0.3) is 5.78 Å². The van der Waals surface area contributed by atoms with Gasteiger partial charge in [0.25, 0.3) is 0 Å². The first-order chi connectivity index (χ1) is 6.22. The van der Waals surface area contributed by atoms with E-state index < -0.39 is 5.95 Å². The van der Waals surface area contributed by atoms with Gasteiger partial charge in [0, 0.05) is 12.3 Å². The van der Waals surface area contributed by atoms with Crippen molar-refractivity contribution >= 4 is 23.7 Å². The highest BCUT2D eigenvalue weighted by Crippen LogP contribution is 2.15. The number of halogens is 2. The minimum Gasteiger partial charge on any atom is -0.296 e. The maximum atomic E-state index is 12.6. The van der Waals surface area contributed by atoms with Gasteiger partial charge in [0.1, 0.15) is 10.8 Å². The fourth-order valence-corrected chi connectivity index (χ4v) is 1.19. The van der Waals surface area contributed by atoms with Gasteiger partial charge in [0.15, 0.2) is 6.29 Å². The van der Waals surface area contributed by atoms with Crippen molar-refractivity contribution in [3.05, 3.63) is 29.1 Å². The number of aldehydes is 1. The summed E-state index contributed by atoms with van der Waals surface area (Å²) in [5.74, 6) is -0.585. The zero-order valence-electron chi connectivity index (χ0n) is 6.24. The molecule has 13 heavy (non-hydrogen) atoms. The summed E-state index contributed by atoms with van der Waals surface area (Å²) in [4.78, 5) is 17.6. The van der Waals surface area contributed by atoms with Crippen LogP contribution in [-0.2, 0) is 0 Å². The van der Waals surface area contributed by atoms with Crippen LogP contribution in [0.4, 0.5) is 4.39 Å². The molecule has 0 radical (unpaired) electrons. The van der Waals surface area contributed by atoms with E-state index in [1.54, 1.807) is 0 Å². The van der Waals surface area contributed by atoms with Gasteiger partial charge in [-0.1, -0.05) is 11.6 Å². The normalized spacial score (nSPS) is 10.6. The van der Waals surface area contributed by atoms with Crippen LogP contribution >= 0.6 is 11.6 Å². The van der Waals surface area contributed by atoms with Crippen molar-refractivity contribution < 1.29 is 9.18 Å². The topological polar surface area (TPSA) is 47.3 Å². The molecule has 2 rings (SSSR count). The quantitative estimate of drug-likeness (QED) is 0.514. The van der Waals surface area contributed by atoms with Crippen LogP contribution in [0.5, 0.6) is 0 Å². The first kappa shape index (κ1) is 8.12.